The summed E-state index contributed by atoms with van der Waals surface area (Å²) in [5.41, 5.74) is 7.16. The molecular weight excluding hydrogens is 421 g/mol. The molecule has 0 fully saturated rings. The molecule has 0 atom stereocenters. The van der Waals surface area contributed by atoms with Gasteiger partial charge in [0.25, 0.3) is 0 Å². The Labute approximate surface area is 194 Å². The fraction of sp³-hybridized carbons (Fsp3) is 0.0667. The van der Waals surface area contributed by atoms with Crippen LogP contribution in [0.3, 0.4) is 0 Å². The van der Waals surface area contributed by atoms with Crippen LogP contribution in [0.15, 0.2) is 115 Å². The predicted octanol–water partition coefficient (Wildman–Crippen LogP) is 6.00. The zero-order valence-corrected chi connectivity index (χ0v) is 19.4. The Kier molecular flexibility index (Phi) is 4.71. The summed E-state index contributed by atoms with van der Waals surface area (Å²) in [7, 11) is -3.12. The summed E-state index contributed by atoms with van der Waals surface area (Å²) in [5, 5.41) is 2.64. The summed E-state index contributed by atoms with van der Waals surface area (Å²) in [6.45, 7) is 2.14. The van der Waals surface area contributed by atoms with Crippen molar-refractivity contribution in [1.82, 2.24) is 4.57 Å². The zero-order chi connectivity index (χ0) is 22.4. The minimum atomic E-state index is -3.12. The van der Waals surface area contributed by atoms with Crippen molar-refractivity contribution in [3.8, 4) is 16.8 Å². The van der Waals surface area contributed by atoms with Crippen molar-refractivity contribution >= 4 is 23.1 Å². The van der Waals surface area contributed by atoms with Gasteiger partial charge in [0.05, 0.1) is 0 Å². The molecular formula is C30H24NOP. The van der Waals surface area contributed by atoms with Crippen molar-refractivity contribution < 1.29 is 4.57 Å². The van der Waals surface area contributed by atoms with Gasteiger partial charge in [-0.05, 0) is 29.7 Å². The van der Waals surface area contributed by atoms with Gasteiger partial charge in [0, 0.05) is 45.5 Å². The van der Waals surface area contributed by atoms with Crippen LogP contribution in [-0.4, -0.2) is 4.57 Å². The van der Waals surface area contributed by atoms with Gasteiger partial charge in [-0.3, -0.25) is 0 Å². The maximum Gasteiger partial charge on any atom is 0.173 e. The molecule has 0 N–H and O–H groups in total. The molecule has 1 aliphatic rings. The molecule has 0 radical (unpaired) electrons. The van der Waals surface area contributed by atoms with E-state index in [9.17, 15) is 0 Å². The number of aryl methyl sites for hydroxylation is 1. The van der Waals surface area contributed by atoms with E-state index in [0.29, 0.717) is 0 Å². The second-order valence-electron chi connectivity index (χ2n) is 8.61. The molecule has 5 aromatic rings. The smallest absolute Gasteiger partial charge is 0.173 e. The van der Waals surface area contributed by atoms with E-state index in [1.54, 1.807) is 0 Å². The Bertz CT molecular complexity index is 1470. The van der Waals surface area contributed by atoms with E-state index < -0.39 is 7.14 Å². The molecule has 0 unspecified atom stereocenters. The Morgan fingerprint density at radius 3 is 1.94 bits per heavy atom. The molecule has 1 aliphatic heterocycles. The Balaban J connectivity index is 1.72. The van der Waals surface area contributed by atoms with E-state index in [1.165, 1.54) is 22.5 Å². The molecule has 0 saturated heterocycles. The topological polar surface area (TPSA) is 22.0 Å². The van der Waals surface area contributed by atoms with E-state index in [1.807, 2.05) is 60.7 Å². The lowest BCUT2D eigenvalue weighted by atomic mass is 9.99. The minimum absolute atomic E-state index is 0.837. The molecule has 2 nitrogen and oxygen atoms in total. The molecule has 0 aliphatic carbocycles. The summed E-state index contributed by atoms with van der Waals surface area (Å²) in [6, 6.07) is 36.9. The SMILES string of the molecule is Cc1ccccc1-c1c(P(=O)(c2ccccc2)c2ccccc2)cn2c1Cc1ccccc1-2. The van der Waals surface area contributed by atoms with Crippen LogP contribution in [0.1, 0.15) is 16.8 Å². The van der Waals surface area contributed by atoms with Crippen molar-refractivity contribution in [3.05, 3.63) is 132 Å². The Morgan fingerprint density at radius 1 is 0.697 bits per heavy atom. The first-order valence-electron chi connectivity index (χ1n) is 11.3. The number of para-hydroxylation sites is 1. The van der Waals surface area contributed by atoms with Crippen molar-refractivity contribution in [1.29, 1.82) is 0 Å². The van der Waals surface area contributed by atoms with E-state index in [4.69, 9.17) is 0 Å². The molecule has 0 spiro atoms. The maximum absolute atomic E-state index is 15.3. The quantitative estimate of drug-likeness (QED) is 0.305. The largest absolute Gasteiger partial charge is 0.319 e. The molecule has 160 valence electrons. The Hall–Kier alpha value is -3.61. The van der Waals surface area contributed by atoms with Gasteiger partial charge in [0.15, 0.2) is 7.14 Å². The van der Waals surface area contributed by atoms with Crippen LogP contribution in [0.5, 0.6) is 0 Å². The van der Waals surface area contributed by atoms with Crippen molar-refractivity contribution in [2.45, 2.75) is 13.3 Å². The van der Waals surface area contributed by atoms with Gasteiger partial charge in [-0.25, -0.2) is 0 Å². The first-order valence-corrected chi connectivity index (χ1v) is 13.0. The van der Waals surface area contributed by atoms with Crippen LogP contribution < -0.4 is 15.9 Å². The third kappa shape index (κ3) is 3.06. The highest BCUT2D eigenvalue weighted by atomic mass is 31.2. The van der Waals surface area contributed by atoms with Crippen LogP contribution in [0.25, 0.3) is 16.8 Å². The Morgan fingerprint density at radius 2 is 1.27 bits per heavy atom. The standard InChI is InChI=1S/C30H24NOP/c1-22-12-8-10-18-26(22)30-28-20-23-13-9-11-19-27(23)31(28)21-29(30)33(32,24-14-4-2-5-15-24)25-16-6-3-7-17-25/h2-19,21H,20H2,1H3. The van der Waals surface area contributed by atoms with Gasteiger partial charge >= 0.3 is 0 Å². The lowest BCUT2D eigenvalue weighted by molar-refractivity contribution is 0.592. The molecule has 0 amide bonds. The van der Waals surface area contributed by atoms with E-state index in [2.05, 4.69) is 66.2 Å². The zero-order valence-electron chi connectivity index (χ0n) is 18.5. The fourth-order valence-electron chi connectivity index (χ4n) is 5.09. The first kappa shape index (κ1) is 20.0. The van der Waals surface area contributed by atoms with Crippen LogP contribution in [-0.2, 0) is 11.0 Å². The molecule has 3 heteroatoms. The summed E-state index contributed by atoms with van der Waals surface area (Å²) in [4.78, 5) is 0. The average molecular weight is 446 g/mol. The normalized spacial score (nSPS) is 12.4. The predicted molar refractivity (Wildman–Crippen MR) is 138 cm³/mol. The van der Waals surface area contributed by atoms with Crippen molar-refractivity contribution in [2.24, 2.45) is 0 Å². The first-order chi connectivity index (χ1) is 16.2. The maximum atomic E-state index is 15.3. The lowest BCUT2D eigenvalue weighted by Crippen LogP contribution is -2.25. The molecule has 4 aromatic carbocycles. The third-order valence-electron chi connectivity index (χ3n) is 6.69. The number of fused-ring (bicyclic) bond motifs is 3. The van der Waals surface area contributed by atoms with Crippen molar-refractivity contribution in [3.63, 3.8) is 0 Å². The van der Waals surface area contributed by atoms with Crippen LogP contribution in [0, 0.1) is 6.92 Å². The van der Waals surface area contributed by atoms with Crippen LogP contribution in [0.2, 0.25) is 0 Å². The molecule has 0 bridgehead atoms. The third-order valence-corrected chi connectivity index (χ3v) is 9.76. The van der Waals surface area contributed by atoms with E-state index in [0.717, 1.165) is 33.5 Å². The molecule has 33 heavy (non-hydrogen) atoms. The van der Waals surface area contributed by atoms with Crippen LogP contribution >= 0.6 is 7.14 Å². The highest BCUT2D eigenvalue weighted by molar-refractivity contribution is 7.85. The van der Waals surface area contributed by atoms with E-state index in [-0.39, 0.29) is 0 Å². The highest BCUT2D eigenvalue weighted by Crippen LogP contribution is 2.49. The highest BCUT2D eigenvalue weighted by Gasteiger charge is 2.37. The van der Waals surface area contributed by atoms with Gasteiger partial charge in [0.2, 0.25) is 0 Å². The number of aromatic nitrogens is 1. The fourth-order valence-corrected chi connectivity index (χ4v) is 7.97. The summed E-state index contributed by atoms with van der Waals surface area (Å²) in [6.07, 6.45) is 2.98. The van der Waals surface area contributed by atoms with Gasteiger partial charge in [-0.15, -0.1) is 0 Å². The molecule has 6 rings (SSSR count). The average Bonchev–Trinajstić information content (AvgIpc) is 3.42. The summed E-state index contributed by atoms with van der Waals surface area (Å²) < 4.78 is 17.6. The van der Waals surface area contributed by atoms with E-state index >= 15 is 4.57 Å². The monoisotopic (exact) mass is 445 g/mol. The van der Waals surface area contributed by atoms with Gasteiger partial charge in [-0.1, -0.05) is 103 Å². The van der Waals surface area contributed by atoms with Crippen LogP contribution in [0.4, 0.5) is 0 Å². The minimum Gasteiger partial charge on any atom is -0.319 e. The lowest BCUT2D eigenvalue weighted by Gasteiger charge is -2.21. The summed E-state index contributed by atoms with van der Waals surface area (Å²) in [5.74, 6) is 0. The molecule has 0 saturated carbocycles. The molecule has 1 aromatic heterocycles. The summed E-state index contributed by atoms with van der Waals surface area (Å²) >= 11 is 0. The second kappa shape index (κ2) is 7.76. The number of hydrogen-bond donors (Lipinski definition) is 0. The van der Waals surface area contributed by atoms with Gasteiger partial charge in [0.1, 0.15) is 0 Å². The van der Waals surface area contributed by atoms with Gasteiger partial charge in [-0.2, -0.15) is 0 Å². The van der Waals surface area contributed by atoms with Gasteiger partial charge < -0.3 is 9.13 Å². The second-order valence-corrected chi connectivity index (χ2v) is 11.3. The van der Waals surface area contributed by atoms with Crippen molar-refractivity contribution in [2.75, 3.05) is 0 Å². The molecule has 2 heterocycles. The number of benzene rings is 4. The number of nitrogens with zero attached hydrogens (tertiary/aromatic N) is 1. The number of rotatable bonds is 4. The number of hydrogen-bond acceptors (Lipinski definition) is 1.